The number of methoxy groups -OCH3 is 2. The molecule has 58 heavy (non-hydrogen) atoms. The van der Waals surface area contributed by atoms with Gasteiger partial charge < -0.3 is 38.2 Å². The lowest BCUT2D eigenvalue weighted by Crippen LogP contribution is -2.33. The Morgan fingerprint density at radius 3 is 2.41 bits per heavy atom. The molecule has 1 amide bonds. The van der Waals surface area contributed by atoms with Crippen molar-refractivity contribution in [3.63, 3.8) is 0 Å². The molecule has 296 valence electrons. The van der Waals surface area contributed by atoms with Gasteiger partial charge in [0.05, 0.1) is 32.4 Å². The van der Waals surface area contributed by atoms with Gasteiger partial charge >= 0.3 is 17.8 Å². The molecular formula is C40H28F4N4O9S. The Labute approximate surface area is 330 Å². The summed E-state index contributed by atoms with van der Waals surface area (Å²) >= 11 is 1.17. The minimum absolute atomic E-state index is 0.00795. The smallest absolute Gasteiger partial charge is 0.442 e. The standard InChI is InChI=1S/C40H28F4N4O9S/c1-4-8-53-34-29(51-2)10-19(11-30(34)52-3)31-22-14-27-28(56-17-55-27)15-23(22)35(24-16-54-37(50)32(24)31)58-38-46-26-13-21(41)12-25(33(26)57-38)45-36(49)18-6-5-7-20(9-18)39(47-48-39)40(42,43)44/h1,5-7,9-15,24,31-32,35H,8,16-17H2,2-3H3,(H,45,49)/t24-,31+,32-,35+/m0/s1. The first-order valence-corrected chi connectivity index (χ1v) is 18.4. The Morgan fingerprint density at radius 2 is 1.74 bits per heavy atom. The molecule has 0 radical (unpaired) electrons. The van der Waals surface area contributed by atoms with E-state index in [1.807, 2.05) is 12.1 Å². The van der Waals surface area contributed by atoms with E-state index in [-0.39, 0.29) is 53.1 Å². The quantitative estimate of drug-likeness (QED) is 0.0831. The average Bonchev–Trinajstić information content (AvgIpc) is 3.53. The second kappa shape index (κ2) is 13.9. The predicted molar refractivity (Wildman–Crippen MR) is 196 cm³/mol. The van der Waals surface area contributed by atoms with Crippen molar-refractivity contribution >= 4 is 40.4 Å². The molecule has 4 heterocycles. The summed E-state index contributed by atoms with van der Waals surface area (Å²) in [5.74, 6) is 0.550. The zero-order valence-electron chi connectivity index (χ0n) is 30.2. The van der Waals surface area contributed by atoms with Crippen molar-refractivity contribution in [2.45, 2.75) is 28.2 Å². The number of nitrogens with one attached hydrogen (secondary N) is 1. The molecule has 1 aromatic heterocycles. The van der Waals surface area contributed by atoms with Crippen molar-refractivity contribution in [1.82, 2.24) is 4.98 Å². The van der Waals surface area contributed by atoms with E-state index in [0.29, 0.717) is 34.3 Å². The van der Waals surface area contributed by atoms with Crippen LogP contribution in [0.3, 0.4) is 0 Å². The molecule has 1 saturated heterocycles. The second-order valence-corrected chi connectivity index (χ2v) is 14.7. The zero-order chi connectivity index (χ0) is 40.5. The number of terminal acetylenes is 1. The van der Waals surface area contributed by atoms with Gasteiger partial charge in [0.1, 0.15) is 17.9 Å². The number of alkyl halides is 3. The largest absolute Gasteiger partial charge is 0.493 e. The third-order valence-corrected chi connectivity index (χ3v) is 11.6. The first-order chi connectivity index (χ1) is 27.9. The van der Waals surface area contributed by atoms with Gasteiger partial charge in [0.15, 0.2) is 28.6 Å². The Morgan fingerprint density at radius 1 is 1.02 bits per heavy atom. The third-order valence-electron chi connectivity index (χ3n) is 10.4. The van der Waals surface area contributed by atoms with Crippen LogP contribution in [0.1, 0.15) is 43.8 Å². The van der Waals surface area contributed by atoms with Crippen molar-refractivity contribution < 1.29 is 60.0 Å². The number of carbonyl (C=O) groups is 2. The number of benzene rings is 4. The molecule has 5 aromatic rings. The molecule has 18 heteroatoms. The highest BCUT2D eigenvalue weighted by Crippen LogP contribution is 2.60. The number of esters is 1. The molecule has 1 aliphatic carbocycles. The summed E-state index contributed by atoms with van der Waals surface area (Å²) in [5.41, 5.74) is -1.14. The van der Waals surface area contributed by atoms with Crippen LogP contribution in [-0.4, -0.2) is 57.3 Å². The SMILES string of the molecule is C#CCOc1c(OC)cc([C@@H]2c3cc4c(cc3[C@@H](Sc3nc5cc(F)cc(NC(=O)c6cccc(C7(C(F)(F)F)N=N7)c6)c5o3)[C@H]3COC(=O)[C@H]23)OCO4)cc1OC. The first kappa shape index (κ1) is 37.1. The number of ether oxygens (including phenoxy) is 6. The number of oxazole rings is 1. The Hall–Kier alpha value is -6.48. The number of anilines is 1. The summed E-state index contributed by atoms with van der Waals surface area (Å²) in [7, 11) is 2.95. The minimum Gasteiger partial charge on any atom is -0.493 e. The summed E-state index contributed by atoms with van der Waals surface area (Å²) < 4.78 is 96.6. The third kappa shape index (κ3) is 6.08. The number of cyclic esters (lactones) is 1. The van der Waals surface area contributed by atoms with Gasteiger partial charge in [-0.05, 0) is 53.1 Å². The van der Waals surface area contributed by atoms with Gasteiger partial charge in [-0.1, -0.05) is 29.8 Å². The maximum absolute atomic E-state index is 15.0. The van der Waals surface area contributed by atoms with Gasteiger partial charge in [-0.15, -0.1) is 16.7 Å². The van der Waals surface area contributed by atoms with Crippen LogP contribution >= 0.6 is 11.8 Å². The molecule has 0 saturated carbocycles. The van der Waals surface area contributed by atoms with Gasteiger partial charge in [0, 0.05) is 40.3 Å². The molecule has 1 fully saturated rings. The summed E-state index contributed by atoms with van der Waals surface area (Å²) in [4.78, 5) is 31.7. The monoisotopic (exact) mass is 816 g/mol. The number of amides is 1. The number of rotatable bonds is 10. The zero-order valence-corrected chi connectivity index (χ0v) is 31.0. The van der Waals surface area contributed by atoms with Crippen LogP contribution in [0.25, 0.3) is 11.1 Å². The molecule has 0 bridgehead atoms. The molecule has 0 unspecified atom stereocenters. The first-order valence-electron chi connectivity index (χ1n) is 17.5. The van der Waals surface area contributed by atoms with Crippen molar-refractivity contribution in [1.29, 1.82) is 0 Å². The maximum atomic E-state index is 15.0. The lowest BCUT2D eigenvalue weighted by Gasteiger charge is -2.38. The van der Waals surface area contributed by atoms with E-state index in [1.54, 1.807) is 12.1 Å². The Balaban J connectivity index is 1.08. The van der Waals surface area contributed by atoms with E-state index in [2.05, 4.69) is 26.4 Å². The molecule has 13 nitrogen and oxygen atoms in total. The number of aromatic nitrogens is 1. The molecule has 3 aliphatic heterocycles. The van der Waals surface area contributed by atoms with Gasteiger partial charge in [0.2, 0.25) is 12.5 Å². The number of halogens is 4. The van der Waals surface area contributed by atoms with Crippen LogP contribution < -0.4 is 29.0 Å². The predicted octanol–water partition coefficient (Wildman–Crippen LogP) is 7.93. The van der Waals surface area contributed by atoms with Gasteiger partial charge in [0.25, 0.3) is 11.1 Å². The fourth-order valence-electron chi connectivity index (χ4n) is 7.74. The number of hydrogen-bond acceptors (Lipinski definition) is 13. The van der Waals surface area contributed by atoms with Crippen molar-refractivity contribution in [2.24, 2.45) is 22.1 Å². The van der Waals surface area contributed by atoms with E-state index in [0.717, 1.165) is 35.4 Å². The van der Waals surface area contributed by atoms with Gasteiger partial charge in [-0.2, -0.15) is 13.2 Å². The summed E-state index contributed by atoms with van der Waals surface area (Å²) in [5, 5.41) is 8.48. The van der Waals surface area contributed by atoms with E-state index in [9.17, 15) is 22.8 Å². The average molecular weight is 817 g/mol. The molecule has 4 aromatic carbocycles. The van der Waals surface area contributed by atoms with E-state index in [4.69, 9.17) is 39.3 Å². The topological polar surface area (TPSA) is 152 Å². The van der Waals surface area contributed by atoms with Crippen LogP contribution in [0, 0.1) is 30.0 Å². The summed E-state index contributed by atoms with van der Waals surface area (Å²) in [6.45, 7) is -0.00196. The number of carbonyl (C=O) groups excluding carboxylic acids is 2. The maximum Gasteiger partial charge on any atom is 0.442 e. The molecule has 1 N–H and O–H groups in total. The summed E-state index contributed by atoms with van der Waals surface area (Å²) in [6.07, 6.45) is 0.643. The van der Waals surface area contributed by atoms with Crippen LogP contribution in [0.2, 0.25) is 0 Å². The highest BCUT2D eigenvalue weighted by Gasteiger charge is 2.65. The van der Waals surface area contributed by atoms with Crippen LogP contribution in [-0.2, 0) is 15.2 Å². The minimum atomic E-state index is -4.80. The van der Waals surface area contributed by atoms with E-state index >= 15 is 4.39 Å². The highest BCUT2D eigenvalue weighted by atomic mass is 32.2. The molecular weight excluding hydrogens is 789 g/mol. The van der Waals surface area contributed by atoms with Crippen LogP contribution in [0.15, 0.2) is 80.5 Å². The van der Waals surface area contributed by atoms with Crippen LogP contribution in [0.4, 0.5) is 23.2 Å². The fraction of sp³-hybridized carbons (Fsp3) is 0.275. The lowest BCUT2D eigenvalue weighted by molar-refractivity contribution is -0.166. The van der Waals surface area contributed by atoms with Gasteiger partial charge in [-0.3, -0.25) is 9.59 Å². The molecule has 4 atom stereocenters. The number of thioether (sulfide) groups is 1. The Bertz CT molecular complexity index is 2580. The highest BCUT2D eigenvalue weighted by molar-refractivity contribution is 7.99. The lowest BCUT2D eigenvalue weighted by atomic mass is 9.67. The number of fused-ring (bicyclic) bond motifs is 4. The molecule has 4 aliphatic rings. The summed E-state index contributed by atoms with van der Waals surface area (Å²) in [6, 6.07) is 14.1. The molecule has 9 rings (SSSR count). The van der Waals surface area contributed by atoms with Crippen molar-refractivity contribution in [2.75, 3.05) is 39.5 Å². The molecule has 0 spiro atoms. The van der Waals surface area contributed by atoms with Crippen molar-refractivity contribution in [3.05, 3.63) is 94.3 Å². The fourth-order valence-corrected chi connectivity index (χ4v) is 9.00. The van der Waals surface area contributed by atoms with E-state index < -0.39 is 52.5 Å². The Kier molecular flexibility index (Phi) is 8.87. The number of nitrogens with zero attached hydrogens (tertiary/aromatic N) is 3. The normalized spacial score (nSPS) is 20.8. The second-order valence-electron chi connectivity index (χ2n) is 13.6. The van der Waals surface area contributed by atoms with Crippen molar-refractivity contribution in [3.8, 4) is 41.1 Å². The number of hydrogen-bond donors (Lipinski definition) is 1. The van der Waals surface area contributed by atoms with Gasteiger partial charge in [-0.25, -0.2) is 9.37 Å². The van der Waals surface area contributed by atoms with Crippen LogP contribution in [0.5, 0.6) is 28.7 Å². The van der Waals surface area contributed by atoms with E-state index in [1.165, 1.54) is 38.1 Å².